The number of nitrogens with one attached hydrogen (secondary N) is 2. The number of aromatic hydroxyl groups is 1. The van der Waals surface area contributed by atoms with E-state index in [4.69, 9.17) is 5.11 Å². The highest BCUT2D eigenvalue weighted by molar-refractivity contribution is 6.00. The first-order valence-corrected chi connectivity index (χ1v) is 9.39. The van der Waals surface area contributed by atoms with E-state index in [0.29, 0.717) is 0 Å². The number of benzene rings is 3. The second-order valence-corrected chi connectivity index (χ2v) is 6.60. The van der Waals surface area contributed by atoms with Crippen molar-refractivity contribution in [1.82, 2.24) is 4.98 Å². The van der Waals surface area contributed by atoms with Gasteiger partial charge in [-0.15, -0.1) is 0 Å². The average Bonchev–Trinajstić information content (AvgIpc) is 3.35. The highest BCUT2D eigenvalue weighted by Gasteiger charge is 2.20. The Morgan fingerprint density at radius 2 is 1.70 bits per heavy atom. The average molecular weight is 400 g/mol. The van der Waals surface area contributed by atoms with Crippen LogP contribution in [0.4, 0.5) is 5.69 Å². The number of para-hydroxylation sites is 1. The summed E-state index contributed by atoms with van der Waals surface area (Å²) in [6.45, 7) is 3.48. The molecule has 1 aromatic heterocycles. The zero-order chi connectivity index (χ0) is 21.5. The lowest BCUT2D eigenvalue weighted by Gasteiger charge is -2.08. The van der Waals surface area contributed by atoms with Gasteiger partial charge in [0.25, 0.3) is 0 Å². The fraction of sp³-hybridized carbons (Fsp3) is 0.0417. The molecule has 6 nitrogen and oxygen atoms in total. The molecular formula is C24H24N4O2. The molecule has 30 heavy (non-hydrogen) atoms. The van der Waals surface area contributed by atoms with Gasteiger partial charge in [0.2, 0.25) is 5.91 Å². The lowest BCUT2D eigenvalue weighted by molar-refractivity contribution is -0.111. The minimum atomic E-state index is -0.167. The molecule has 1 aliphatic rings. The van der Waals surface area contributed by atoms with Crippen LogP contribution in [0.15, 0.2) is 85.5 Å². The summed E-state index contributed by atoms with van der Waals surface area (Å²) in [5.41, 5.74) is 6.84. The Labute approximate surface area is 174 Å². The number of carbonyl (C=O) groups excluding carboxylic acids is 1. The maximum atomic E-state index is 11.4. The van der Waals surface area contributed by atoms with Gasteiger partial charge in [0.1, 0.15) is 0 Å². The third kappa shape index (κ3) is 4.41. The summed E-state index contributed by atoms with van der Waals surface area (Å²) >= 11 is 0. The van der Waals surface area contributed by atoms with Crippen LogP contribution in [0.5, 0.6) is 5.88 Å². The van der Waals surface area contributed by atoms with Crippen molar-refractivity contribution < 1.29 is 9.90 Å². The predicted molar refractivity (Wildman–Crippen MR) is 122 cm³/mol. The number of carbonyl (C=O) groups is 1. The van der Waals surface area contributed by atoms with Crippen molar-refractivity contribution in [2.75, 3.05) is 5.32 Å². The van der Waals surface area contributed by atoms with Gasteiger partial charge in [-0.05, 0) is 40.5 Å². The van der Waals surface area contributed by atoms with Crippen molar-refractivity contribution in [2.24, 2.45) is 11.7 Å². The summed E-state index contributed by atoms with van der Waals surface area (Å²) in [5.74, 6) is 8.06. The third-order valence-corrected chi connectivity index (χ3v) is 4.81. The number of fused-ring (bicyclic) bond motifs is 4. The molecule has 152 valence electrons. The molecule has 1 aliphatic carbocycles. The first kappa shape index (κ1) is 20.9. The number of aromatic amines is 1. The number of rotatable bonds is 2. The maximum Gasteiger partial charge on any atom is 0.247 e. The van der Waals surface area contributed by atoms with Gasteiger partial charge in [0.05, 0.1) is 0 Å². The number of hydrogen-bond donors (Lipinski definition) is 5. The van der Waals surface area contributed by atoms with Crippen molar-refractivity contribution in [3.05, 3.63) is 96.6 Å². The fourth-order valence-corrected chi connectivity index (χ4v) is 3.52. The van der Waals surface area contributed by atoms with Crippen molar-refractivity contribution in [3.8, 4) is 17.0 Å². The van der Waals surface area contributed by atoms with E-state index < -0.39 is 0 Å². The Morgan fingerprint density at radius 3 is 2.47 bits per heavy atom. The molecule has 0 unspecified atom stereocenters. The number of hydrazine groups is 1. The topological polar surface area (TPSA) is 117 Å². The lowest BCUT2D eigenvalue weighted by atomic mass is 10.1. The minimum Gasteiger partial charge on any atom is -0.495 e. The first-order chi connectivity index (χ1) is 14.7. The van der Waals surface area contributed by atoms with Gasteiger partial charge >= 0.3 is 0 Å². The molecule has 0 spiro atoms. The van der Waals surface area contributed by atoms with Crippen molar-refractivity contribution in [1.29, 1.82) is 0 Å². The van der Waals surface area contributed by atoms with Gasteiger partial charge in [-0.2, -0.15) is 0 Å². The normalized spacial score (nSPS) is 10.6. The van der Waals surface area contributed by atoms with Gasteiger partial charge < -0.3 is 15.4 Å². The van der Waals surface area contributed by atoms with Gasteiger partial charge in [0.15, 0.2) is 5.88 Å². The summed E-state index contributed by atoms with van der Waals surface area (Å²) in [5, 5.41) is 12.9. The molecular weight excluding hydrogens is 376 g/mol. The number of aromatic nitrogens is 1. The van der Waals surface area contributed by atoms with Crippen molar-refractivity contribution in [3.63, 3.8) is 0 Å². The van der Waals surface area contributed by atoms with Crippen LogP contribution in [0.2, 0.25) is 0 Å². The number of H-pyrrole nitrogens is 1. The standard InChI is InChI=1S/C16H13NO.C8H7NO.H4N2/c1-2-16(18)17-15-9-5-8-13-12-7-4-3-6-11(12)10-14(13)15;10-8-5-6-3-1-2-4-7(6)9-8;1-2/h2-9H,1,10H2,(H,17,18);1-5,9-10H;1-2H2. The van der Waals surface area contributed by atoms with Crippen LogP contribution in [0, 0.1) is 0 Å². The number of anilines is 1. The van der Waals surface area contributed by atoms with Crippen LogP contribution < -0.4 is 17.0 Å². The fourth-order valence-electron chi connectivity index (χ4n) is 3.52. The second kappa shape index (κ2) is 9.56. The molecule has 1 heterocycles. The van der Waals surface area contributed by atoms with E-state index in [1.807, 2.05) is 48.5 Å². The largest absolute Gasteiger partial charge is 0.495 e. The second-order valence-electron chi connectivity index (χ2n) is 6.60. The van der Waals surface area contributed by atoms with Gasteiger partial charge in [-0.25, -0.2) is 0 Å². The van der Waals surface area contributed by atoms with Crippen LogP contribution in [0.3, 0.4) is 0 Å². The summed E-state index contributed by atoms with van der Waals surface area (Å²) in [4.78, 5) is 14.2. The molecule has 4 aromatic rings. The smallest absolute Gasteiger partial charge is 0.247 e. The van der Waals surface area contributed by atoms with Crippen LogP contribution in [0.25, 0.3) is 22.0 Å². The van der Waals surface area contributed by atoms with Gasteiger partial charge in [-0.3, -0.25) is 16.5 Å². The van der Waals surface area contributed by atoms with E-state index >= 15 is 0 Å². The number of nitrogens with two attached hydrogens (primary N) is 2. The molecule has 0 saturated heterocycles. The number of amides is 1. The molecule has 0 fully saturated rings. The SMILES string of the molecule is C=CC(=O)Nc1cccc2c1Cc1ccccc1-2.NN.Oc1cc2ccccc2[nH]1. The van der Waals surface area contributed by atoms with Crippen molar-refractivity contribution >= 4 is 22.5 Å². The maximum absolute atomic E-state index is 11.4. The zero-order valence-electron chi connectivity index (χ0n) is 16.4. The molecule has 0 bridgehead atoms. The van der Waals surface area contributed by atoms with E-state index in [-0.39, 0.29) is 11.8 Å². The summed E-state index contributed by atoms with van der Waals surface area (Å²) in [6, 6.07) is 23.8. The van der Waals surface area contributed by atoms with Crippen LogP contribution in [-0.2, 0) is 11.2 Å². The molecule has 1 amide bonds. The Hall–Kier alpha value is -3.87. The van der Waals surface area contributed by atoms with E-state index in [1.54, 1.807) is 6.07 Å². The minimum absolute atomic E-state index is 0.167. The molecule has 0 radical (unpaired) electrons. The van der Waals surface area contributed by atoms with Crippen LogP contribution in [0.1, 0.15) is 11.1 Å². The molecule has 0 atom stereocenters. The highest BCUT2D eigenvalue weighted by Crippen LogP contribution is 2.39. The highest BCUT2D eigenvalue weighted by atomic mass is 16.3. The summed E-state index contributed by atoms with van der Waals surface area (Å²) in [7, 11) is 0. The molecule has 0 saturated carbocycles. The van der Waals surface area contributed by atoms with Crippen LogP contribution in [-0.4, -0.2) is 16.0 Å². The van der Waals surface area contributed by atoms with Crippen LogP contribution >= 0.6 is 0 Å². The molecule has 0 aliphatic heterocycles. The van der Waals surface area contributed by atoms with E-state index in [2.05, 4.69) is 46.8 Å². The first-order valence-electron chi connectivity index (χ1n) is 9.39. The quantitative estimate of drug-likeness (QED) is 0.174. The lowest BCUT2D eigenvalue weighted by Crippen LogP contribution is -2.09. The van der Waals surface area contributed by atoms with Gasteiger partial charge in [-0.1, -0.05) is 61.2 Å². The van der Waals surface area contributed by atoms with Crippen molar-refractivity contribution in [2.45, 2.75) is 6.42 Å². The molecule has 7 N–H and O–H groups in total. The Balaban J connectivity index is 0.000000180. The van der Waals surface area contributed by atoms with E-state index in [1.165, 1.54) is 28.3 Å². The Kier molecular flexibility index (Phi) is 6.64. The Morgan fingerprint density at radius 1 is 1.00 bits per heavy atom. The van der Waals surface area contributed by atoms with Gasteiger partial charge in [0, 0.05) is 29.1 Å². The predicted octanol–water partition coefficient (Wildman–Crippen LogP) is 4.07. The third-order valence-electron chi connectivity index (χ3n) is 4.81. The summed E-state index contributed by atoms with van der Waals surface area (Å²) in [6.07, 6.45) is 2.17. The van der Waals surface area contributed by atoms with E-state index in [0.717, 1.165) is 23.0 Å². The summed E-state index contributed by atoms with van der Waals surface area (Å²) < 4.78 is 0. The Bertz CT molecular complexity index is 1150. The molecule has 5 rings (SSSR count). The monoisotopic (exact) mass is 400 g/mol. The molecule has 3 aromatic carbocycles. The molecule has 6 heteroatoms. The van der Waals surface area contributed by atoms with E-state index in [9.17, 15) is 4.79 Å². The zero-order valence-corrected chi connectivity index (χ0v) is 16.4. The number of hydrogen-bond acceptors (Lipinski definition) is 4.